The van der Waals surface area contributed by atoms with Crippen molar-refractivity contribution in [3.63, 3.8) is 0 Å². The average molecular weight is 508 g/mol. The lowest BCUT2D eigenvalue weighted by molar-refractivity contribution is -0.143. The monoisotopic (exact) mass is 506 g/mol. The van der Waals surface area contributed by atoms with E-state index in [2.05, 4.69) is 33.0 Å². The molecule has 0 unspecified atom stereocenters. The molecule has 34 heavy (non-hydrogen) atoms. The fourth-order valence-electron chi connectivity index (χ4n) is 3.54. The zero-order valence-electron chi connectivity index (χ0n) is 20.8. The molecule has 5 nitrogen and oxygen atoms in total. The predicted molar refractivity (Wildman–Crippen MR) is 140 cm³/mol. The molecule has 7 heteroatoms. The summed E-state index contributed by atoms with van der Waals surface area (Å²) in [6.07, 6.45) is 2.32. The summed E-state index contributed by atoms with van der Waals surface area (Å²) in [5.41, 5.74) is 1.93. The molecule has 0 bridgehead atoms. The summed E-state index contributed by atoms with van der Waals surface area (Å²) in [4.78, 5) is 27.8. The van der Waals surface area contributed by atoms with Crippen LogP contribution in [0.4, 0.5) is 0 Å². The molecule has 2 aromatic carbocycles. The van der Waals surface area contributed by atoms with Crippen LogP contribution in [0.2, 0.25) is 10.0 Å². The van der Waals surface area contributed by atoms with Gasteiger partial charge in [-0.15, -0.1) is 0 Å². The largest absolute Gasteiger partial charge is 0.484 e. The lowest BCUT2D eigenvalue weighted by Gasteiger charge is -2.31. The van der Waals surface area contributed by atoms with Gasteiger partial charge in [0.25, 0.3) is 5.91 Å². The quantitative estimate of drug-likeness (QED) is 0.359. The fourth-order valence-corrected chi connectivity index (χ4v) is 4.01. The molecule has 0 aliphatic rings. The molecule has 0 aromatic heterocycles. The first kappa shape index (κ1) is 28.0. The van der Waals surface area contributed by atoms with Crippen molar-refractivity contribution in [2.24, 2.45) is 0 Å². The van der Waals surface area contributed by atoms with Gasteiger partial charge in [0.1, 0.15) is 11.8 Å². The van der Waals surface area contributed by atoms with E-state index >= 15 is 0 Å². The Hall–Kier alpha value is -2.24. The molecule has 2 amide bonds. The van der Waals surface area contributed by atoms with E-state index in [0.29, 0.717) is 34.3 Å². The molecular weight excluding hydrogens is 471 g/mol. The van der Waals surface area contributed by atoms with Crippen molar-refractivity contribution in [1.29, 1.82) is 0 Å². The zero-order valence-corrected chi connectivity index (χ0v) is 22.3. The van der Waals surface area contributed by atoms with Crippen LogP contribution in [0.3, 0.4) is 0 Å². The molecular formula is C27H36Cl2N2O3. The van der Waals surface area contributed by atoms with Crippen molar-refractivity contribution < 1.29 is 14.3 Å². The Labute approximate surface area is 213 Å². The third-order valence-corrected chi connectivity index (χ3v) is 6.24. The summed E-state index contributed by atoms with van der Waals surface area (Å²) in [7, 11) is 0. The van der Waals surface area contributed by atoms with Crippen LogP contribution in [0.5, 0.6) is 5.75 Å². The Bertz CT molecular complexity index is 955. The van der Waals surface area contributed by atoms with E-state index in [1.807, 2.05) is 31.2 Å². The van der Waals surface area contributed by atoms with E-state index < -0.39 is 6.04 Å². The third-order valence-electron chi connectivity index (χ3n) is 5.65. The van der Waals surface area contributed by atoms with Crippen LogP contribution in [0, 0.1) is 0 Å². The number of nitrogens with zero attached hydrogens (tertiary/aromatic N) is 1. The van der Waals surface area contributed by atoms with E-state index in [4.69, 9.17) is 27.9 Å². The fraction of sp³-hybridized carbons (Fsp3) is 0.481. The molecule has 0 saturated heterocycles. The highest BCUT2D eigenvalue weighted by molar-refractivity contribution is 6.35. The molecule has 1 N–H and O–H groups in total. The summed E-state index contributed by atoms with van der Waals surface area (Å²) in [6.45, 7) is 11.0. The number of amides is 2. The van der Waals surface area contributed by atoms with Crippen molar-refractivity contribution in [3.05, 3.63) is 63.6 Å². The van der Waals surface area contributed by atoms with Gasteiger partial charge in [-0.05, 0) is 53.6 Å². The minimum atomic E-state index is -0.636. The Morgan fingerprint density at radius 2 is 1.74 bits per heavy atom. The van der Waals surface area contributed by atoms with Crippen LogP contribution in [0.15, 0.2) is 42.5 Å². The van der Waals surface area contributed by atoms with Crippen LogP contribution in [0.25, 0.3) is 0 Å². The lowest BCUT2D eigenvalue weighted by Crippen LogP contribution is -2.50. The van der Waals surface area contributed by atoms with Gasteiger partial charge in [-0.1, -0.05) is 82.4 Å². The molecule has 0 aliphatic heterocycles. The number of carbonyl (C=O) groups is 2. The predicted octanol–water partition coefficient (Wildman–Crippen LogP) is 6.39. The first-order chi connectivity index (χ1) is 16.1. The van der Waals surface area contributed by atoms with Crippen LogP contribution >= 0.6 is 23.2 Å². The zero-order chi connectivity index (χ0) is 25.3. The SMILES string of the molecule is CCCCNC(=O)[C@H](CC)N(Cc1ccc(Cl)cc1Cl)C(=O)COc1ccc(C(C)(C)C)cc1. The topological polar surface area (TPSA) is 58.6 Å². The Morgan fingerprint density at radius 1 is 1.06 bits per heavy atom. The number of rotatable bonds is 11. The van der Waals surface area contributed by atoms with Gasteiger partial charge in [0.2, 0.25) is 5.91 Å². The average Bonchev–Trinajstić information content (AvgIpc) is 2.78. The van der Waals surface area contributed by atoms with Gasteiger partial charge in [0.15, 0.2) is 6.61 Å². The van der Waals surface area contributed by atoms with E-state index in [1.54, 1.807) is 23.1 Å². The Morgan fingerprint density at radius 3 is 2.29 bits per heavy atom. The maximum atomic E-state index is 13.3. The summed E-state index contributed by atoms with van der Waals surface area (Å²) >= 11 is 12.4. The molecule has 2 aromatic rings. The van der Waals surface area contributed by atoms with Gasteiger partial charge in [-0.3, -0.25) is 9.59 Å². The van der Waals surface area contributed by atoms with Gasteiger partial charge in [-0.25, -0.2) is 0 Å². The maximum absolute atomic E-state index is 13.3. The Kier molecular flexibility index (Phi) is 10.7. The van der Waals surface area contributed by atoms with Gasteiger partial charge in [0.05, 0.1) is 0 Å². The van der Waals surface area contributed by atoms with Crippen molar-refractivity contribution in [3.8, 4) is 5.75 Å². The van der Waals surface area contributed by atoms with E-state index in [0.717, 1.165) is 12.8 Å². The third kappa shape index (κ3) is 8.21. The molecule has 0 spiro atoms. The first-order valence-corrected chi connectivity index (χ1v) is 12.6. The molecule has 0 aliphatic carbocycles. The van der Waals surface area contributed by atoms with Crippen molar-refractivity contribution >= 4 is 35.0 Å². The highest BCUT2D eigenvalue weighted by atomic mass is 35.5. The minimum absolute atomic E-state index is 0.0302. The summed E-state index contributed by atoms with van der Waals surface area (Å²) in [5, 5.41) is 3.91. The van der Waals surface area contributed by atoms with Crippen LogP contribution < -0.4 is 10.1 Å². The number of nitrogens with one attached hydrogen (secondary N) is 1. The molecule has 0 saturated carbocycles. The van der Waals surface area contributed by atoms with E-state index in [9.17, 15) is 9.59 Å². The second-order valence-electron chi connectivity index (χ2n) is 9.39. The Balaban J connectivity index is 2.20. The van der Waals surface area contributed by atoms with Crippen LogP contribution in [-0.2, 0) is 21.5 Å². The van der Waals surface area contributed by atoms with Gasteiger partial charge in [0, 0.05) is 23.1 Å². The van der Waals surface area contributed by atoms with Crippen molar-refractivity contribution in [1.82, 2.24) is 10.2 Å². The van der Waals surface area contributed by atoms with Crippen LogP contribution in [-0.4, -0.2) is 35.9 Å². The number of carbonyl (C=O) groups excluding carboxylic acids is 2. The minimum Gasteiger partial charge on any atom is -0.484 e. The maximum Gasteiger partial charge on any atom is 0.261 e. The second kappa shape index (κ2) is 13.0. The van der Waals surface area contributed by atoms with E-state index in [1.165, 1.54) is 5.56 Å². The van der Waals surface area contributed by atoms with Gasteiger partial charge in [-0.2, -0.15) is 0 Å². The first-order valence-electron chi connectivity index (χ1n) is 11.8. The molecule has 0 fully saturated rings. The van der Waals surface area contributed by atoms with Gasteiger partial charge < -0.3 is 15.0 Å². The number of halogens is 2. The summed E-state index contributed by atoms with van der Waals surface area (Å²) < 4.78 is 5.80. The molecule has 186 valence electrons. The number of benzene rings is 2. The molecule has 1 atom stereocenters. The molecule has 2 rings (SSSR count). The summed E-state index contributed by atoms with van der Waals surface area (Å²) in [6, 6.07) is 12.2. The number of hydrogen-bond acceptors (Lipinski definition) is 3. The lowest BCUT2D eigenvalue weighted by atomic mass is 9.87. The number of hydrogen-bond donors (Lipinski definition) is 1. The second-order valence-corrected chi connectivity index (χ2v) is 10.2. The van der Waals surface area contributed by atoms with Crippen molar-refractivity contribution in [2.75, 3.05) is 13.2 Å². The van der Waals surface area contributed by atoms with Crippen molar-refractivity contribution in [2.45, 2.75) is 71.9 Å². The molecule has 0 radical (unpaired) electrons. The molecule has 0 heterocycles. The van der Waals surface area contributed by atoms with Gasteiger partial charge >= 0.3 is 0 Å². The normalized spacial score (nSPS) is 12.2. The highest BCUT2D eigenvalue weighted by Crippen LogP contribution is 2.25. The van der Waals surface area contributed by atoms with Crippen LogP contribution in [0.1, 0.15) is 65.0 Å². The summed E-state index contributed by atoms with van der Waals surface area (Å²) in [5.74, 6) is 0.138. The standard InChI is InChI=1S/C27H36Cl2N2O3/c1-6-8-15-30-26(33)24(7-2)31(17-19-9-12-21(28)16-23(19)29)25(32)18-34-22-13-10-20(11-14-22)27(3,4)5/h9-14,16,24H,6-8,15,17-18H2,1-5H3,(H,30,33)/t24-/m0/s1. The smallest absolute Gasteiger partial charge is 0.261 e. The van der Waals surface area contributed by atoms with E-state index in [-0.39, 0.29) is 30.4 Å². The number of ether oxygens (including phenoxy) is 1. The number of unbranched alkanes of at least 4 members (excludes halogenated alkanes) is 1. The highest BCUT2D eigenvalue weighted by Gasteiger charge is 2.29.